The molecule has 29 heavy (non-hydrogen) atoms. The van der Waals surface area contributed by atoms with Gasteiger partial charge in [0.05, 0.1) is 32.8 Å². The van der Waals surface area contributed by atoms with Crippen molar-refractivity contribution in [3.05, 3.63) is 41.0 Å². The number of phenols is 1. The summed E-state index contributed by atoms with van der Waals surface area (Å²) in [5.74, 6) is -0.285. The Kier molecular flexibility index (Phi) is 3.99. The van der Waals surface area contributed by atoms with E-state index < -0.39 is 23.9 Å². The molecule has 0 amide bonds. The van der Waals surface area contributed by atoms with Crippen molar-refractivity contribution in [3.63, 3.8) is 0 Å². The molecule has 2 aromatic carbocycles. The van der Waals surface area contributed by atoms with Crippen LogP contribution >= 0.6 is 0 Å². The van der Waals surface area contributed by atoms with Crippen molar-refractivity contribution >= 4 is 5.97 Å². The zero-order chi connectivity index (χ0) is 20.3. The number of carbonyl (C=O) groups excluding carboxylic acids is 1. The summed E-state index contributed by atoms with van der Waals surface area (Å²) in [5.41, 5.74) is 2.04. The van der Waals surface area contributed by atoms with E-state index >= 15 is 0 Å². The highest BCUT2D eigenvalue weighted by Crippen LogP contribution is 2.55. The van der Waals surface area contributed by atoms with Crippen LogP contribution in [0.25, 0.3) is 0 Å². The number of carbonyl (C=O) groups is 1. The Morgan fingerprint density at radius 2 is 1.72 bits per heavy atom. The Balaban J connectivity index is 1.74. The third-order valence-corrected chi connectivity index (χ3v) is 5.99. The summed E-state index contributed by atoms with van der Waals surface area (Å²) in [5, 5.41) is 21.4. The van der Waals surface area contributed by atoms with Crippen molar-refractivity contribution < 1.29 is 38.7 Å². The molecule has 2 aliphatic heterocycles. The van der Waals surface area contributed by atoms with E-state index in [1.54, 1.807) is 24.3 Å². The number of benzene rings is 2. The molecule has 0 radical (unpaired) electrons. The van der Waals surface area contributed by atoms with Crippen LogP contribution in [0.1, 0.15) is 28.7 Å². The number of phenolic OH excluding ortho intramolecular Hbond substituents is 1. The number of aliphatic hydroxyl groups excluding tert-OH is 1. The van der Waals surface area contributed by atoms with Crippen LogP contribution in [-0.4, -0.2) is 43.8 Å². The third kappa shape index (κ3) is 2.52. The van der Waals surface area contributed by atoms with Gasteiger partial charge in [-0.3, -0.25) is 4.79 Å². The van der Waals surface area contributed by atoms with E-state index in [0.29, 0.717) is 28.4 Å². The first kappa shape index (κ1) is 17.9. The molecule has 4 atom stereocenters. The highest BCUT2D eigenvalue weighted by Gasteiger charge is 2.52. The summed E-state index contributed by atoms with van der Waals surface area (Å²) in [6.07, 6.45) is -0.874. The van der Waals surface area contributed by atoms with Gasteiger partial charge >= 0.3 is 5.97 Å². The zero-order valence-corrected chi connectivity index (χ0v) is 15.9. The van der Waals surface area contributed by atoms with Crippen molar-refractivity contribution in [3.8, 4) is 28.7 Å². The number of aliphatic hydroxyl groups is 1. The van der Waals surface area contributed by atoms with Gasteiger partial charge in [0, 0.05) is 11.8 Å². The van der Waals surface area contributed by atoms with Gasteiger partial charge in [-0.1, -0.05) is 0 Å². The van der Waals surface area contributed by atoms with Gasteiger partial charge in [-0.15, -0.1) is 0 Å². The molecule has 1 fully saturated rings. The fraction of sp³-hybridized carbons (Fsp3) is 0.381. The number of cyclic esters (lactones) is 1. The maximum Gasteiger partial charge on any atom is 0.310 e. The van der Waals surface area contributed by atoms with Crippen molar-refractivity contribution in [2.45, 2.75) is 12.0 Å². The molecule has 0 spiro atoms. The van der Waals surface area contributed by atoms with E-state index in [0.717, 1.165) is 5.56 Å². The van der Waals surface area contributed by atoms with Crippen molar-refractivity contribution in [2.24, 2.45) is 11.8 Å². The molecule has 0 aromatic heterocycles. The van der Waals surface area contributed by atoms with Gasteiger partial charge in [-0.2, -0.15) is 0 Å². The topological polar surface area (TPSA) is 104 Å². The number of aromatic hydroxyl groups is 1. The Hall–Kier alpha value is -3.13. The number of methoxy groups -OCH3 is 2. The largest absolute Gasteiger partial charge is 0.504 e. The van der Waals surface area contributed by atoms with E-state index in [1.807, 2.05) is 0 Å². The van der Waals surface area contributed by atoms with E-state index in [4.69, 9.17) is 23.7 Å². The van der Waals surface area contributed by atoms with E-state index in [1.165, 1.54) is 14.2 Å². The molecule has 8 heteroatoms. The van der Waals surface area contributed by atoms with Crippen LogP contribution in [-0.2, 0) is 9.53 Å². The maximum atomic E-state index is 12.6. The van der Waals surface area contributed by atoms with Crippen LogP contribution in [0.3, 0.4) is 0 Å². The van der Waals surface area contributed by atoms with Crippen LogP contribution in [0, 0.1) is 11.8 Å². The second-order valence-corrected chi connectivity index (χ2v) is 7.35. The number of rotatable bonds is 3. The van der Waals surface area contributed by atoms with Crippen LogP contribution in [0.2, 0.25) is 0 Å². The van der Waals surface area contributed by atoms with Gasteiger partial charge in [0.2, 0.25) is 12.5 Å². The first-order valence-electron chi connectivity index (χ1n) is 9.26. The van der Waals surface area contributed by atoms with E-state index in [2.05, 4.69) is 0 Å². The smallest absolute Gasteiger partial charge is 0.310 e. The lowest BCUT2D eigenvalue weighted by atomic mass is 9.66. The monoisotopic (exact) mass is 400 g/mol. The van der Waals surface area contributed by atoms with Crippen molar-refractivity contribution in [1.29, 1.82) is 0 Å². The van der Waals surface area contributed by atoms with Gasteiger partial charge in [-0.05, 0) is 41.0 Å². The lowest BCUT2D eigenvalue weighted by Crippen LogP contribution is -2.34. The summed E-state index contributed by atoms with van der Waals surface area (Å²) < 4.78 is 26.9. The van der Waals surface area contributed by atoms with Gasteiger partial charge in [-0.25, -0.2) is 0 Å². The van der Waals surface area contributed by atoms with Crippen molar-refractivity contribution in [2.75, 3.05) is 27.6 Å². The lowest BCUT2D eigenvalue weighted by Gasteiger charge is -2.36. The molecule has 1 aliphatic carbocycles. The standard InChI is InChI=1S/C21H20O8/c1-25-16-4-9(3-13(22)20(16)26-2)17-10-5-14-15(29-8-28-14)6-11(10)19(23)12-7-27-21(24)18(12)17/h3-6,12,17-19,22-23H,7-8H2,1-2H3/t12-,17+,18-,19+/m0/s1. The Bertz CT molecular complexity index is 1000. The average Bonchev–Trinajstić information content (AvgIpc) is 3.33. The Morgan fingerprint density at radius 1 is 1.00 bits per heavy atom. The fourth-order valence-corrected chi connectivity index (χ4v) is 4.68. The first-order valence-corrected chi connectivity index (χ1v) is 9.26. The van der Waals surface area contributed by atoms with E-state index in [-0.39, 0.29) is 30.9 Å². The number of esters is 1. The molecular formula is C21H20O8. The molecule has 5 rings (SSSR count). The van der Waals surface area contributed by atoms with Crippen LogP contribution < -0.4 is 18.9 Å². The van der Waals surface area contributed by atoms with Crippen LogP contribution in [0.5, 0.6) is 28.7 Å². The minimum atomic E-state index is -0.874. The SMILES string of the molecule is COc1cc([C@@H]2c3cc4c(cc3[C@@H](O)[C@H]3COC(=O)[C@H]23)OCO4)cc(O)c1OC. The van der Waals surface area contributed by atoms with Crippen LogP contribution in [0.4, 0.5) is 0 Å². The fourth-order valence-electron chi connectivity index (χ4n) is 4.68. The van der Waals surface area contributed by atoms with Gasteiger partial charge in [0.25, 0.3) is 0 Å². The molecule has 152 valence electrons. The summed E-state index contributed by atoms with van der Waals surface area (Å²) in [6, 6.07) is 6.84. The minimum absolute atomic E-state index is 0.0989. The maximum absolute atomic E-state index is 12.6. The summed E-state index contributed by atoms with van der Waals surface area (Å²) in [4.78, 5) is 12.6. The lowest BCUT2D eigenvalue weighted by molar-refractivity contribution is -0.141. The summed E-state index contributed by atoms with van der Waals surface area (Å²) in [7, 11) is 2.92. The molecule has 0 unspecified atom stereocenters. The molecule has 0 saturated carbocycles. The summed E-state index contributed by atoms with van der Waals surface area (Å²) in [6.45, 7) is 0.235. The van der Waals surface area contributed by atoms with Gasteiger partial charge < -0.3 is 33.9 Å². The van der Waals surface area contributed by atoms with Gasteiger partial charge in [0.15, 0.2) is 23.0 Å². The van der Waals surface area contributed by atoms with Crippen molar-refractivity contribution in [1.82, 2.24) is 0 Å². The van der Waals surface area contributed by atoms with Crippen LogP contribution in [0.15, 0.2) is 24.3 Å². The second-order valence-electron chi connectivity index (χ2n) is 7.35. The molecule has 2 N–H and O–H groups in total. The third-order valence-electron chi connectivity index (χ3n) is 5.99. The number of hydrogen-bond acceptors (Lipinski definition) is 8. The molecule has 2 aromatic rings. The predicted octanol–water partition coefficient (Wildman–Crippen LogP) is 2.11. The number of hydrogen-bond donors (Lipinski definition) is 2. The molecule has 8 nitrogen and oxygen atoms in total. The minimum Gasteiger partial charge on any atom is -0.504 e. The predicted molar refractivity (Wildman–Crippen MR) is 98.5 cm³/mol. The summed E-state index contributed by atoms with van der Waals surface area (Å²) >= 11 is 0. The molecule has 0 bridgehead atoms. The number of fused-ring (bicyclic) bond motifs is 3. The first-order chi connectivity index (χ1) is 14.0. The number of ether oxygens (including phenoxy) is 5. The molecule has 2 heterocycles. The second kappa shape index (κ2) is 6.45. The highest BCUT2D eigenvalue weighted by molar-refractivity contribution is 5.79. The Morgan fingerprint density at radius 3 is 2.41 bits per heavy atom. The molecule has 3 aliphatic rings. The average molecular weight is 400 g/mol. The molecule has 1 saturated heterocycles. The van der Waals surface area contributed by atoms with Gasteiger partial charge in [0.1, 0.15) is 0 Å². The molecular weight excluding hydrogens is 380 g/mol. The van der Waals surface area contributed by atoms with E-state index in [9.17, 15) is 15.0 Å². The quantitative estimate of drug-likeness (QED) is 0.755. The highest BCUT2D eigenvalue weighted by atomic mass is 16.7. The zero-order valence-electron chi connectivity index (χ0n) is 15.9. The Labute approximate surface area is 166 Å². The normalized spacial score (nSPS) is 26.5.